The summed E-state index contributed by atoms with van der Waals surface area (Å²) in [6.45, 7) is 6.58. The number of sulfone groups is 1. The number of likely N-dealkylation sites (tertiary alicyclic amines) is 1. The molecule has 0 spiro atoms. The van der Waals surface area contributed by atoms with Gasteiger partial charge in [0.15, 0.2) is 9.84 Å². The molecule has 1 aliphatic rings. The predicted octanol–water partition coefficient (Wildman–Crippen LogP) is 1.79. The van der Waals surface area contributed by atoms with Crippen LogP contribution in [-0.2, 0) is 21.2 Å². The summed E-state index contributed by atoms with van der Waals surface area (Å²) in [5.41, 5.74) is 1.08. The lowest BCUT2D eigenvalue weighted by atomic mass is 10.0. The molecule has 2 atom stereocenters. The number of carbonyl (C=O) groups excluding carboxylic acids is 1. The maximum absolute atomic E-state index is 12.7. The van der Waals surface area contributed by atoms with Gasteiger partial charge in [-0.2, -0.15) is 5.10 Å². The summed E-state index contributed by atoms with van der Waals surface area (Å²) in [4.78, 5) is 14.5. The molecule has 0 saturated carbocycles. The van der Waals surface area contributed by atoms with Crippen LogP contribution in [0.15, 0.2) is 12.4 Å². The molecule has 1 aromatic heterocycles. The quantitative estimate of drug-likeness (QED) is 0.791. The number of nitrogens with zero attached hydrogens (tertiary/aromatic N) is 3. The van der Waals surface area contributed by atoms with Crippen LogP contribution in [-0.4, -0.2) is 52.6 Å². The SMILES string of the molecule is CCCS(=O)(=O)[C@H](C)C(=O)N1CCCC[C@H]1Cn1cc(C)cn1. The summed E-state index contributed by atoms with van der Waals surface area (Å²) >= 11 is 0. The van der Waals surface area contributed by atoms with E-state index < -0.39 is 15.1 Å². The Morgan fingerprint density at radius 3 is 2.78 bits per heavy atom. The molecule has 0 aliphatic carbocycles. The van der Waals surface area contributed by atoms with E-state index in [1.165, 1.54) is 6.92 Å². The highest BCUT2D eigenvalue weighted by Gasteiger charge is 2.35. The molecule has 1 fully saturated rings. The normalized spacial score (nSPS) is 20.5. The second kappa shape index (κ2) is 7.47. The highest BCUT2D eigenvalue weighted by molar-refractivity contribution is 7.92. The van der Waals surface area contributed by atoms with E-state index in [-0.39, 0.29) is 17.7 Å². The lowest BCUT2D eigenvalue weighted by Gasteiger charge is -2.37. The van der Waals surface area contributed by atoms with Gasteiger partial charge in [-0.05, 0) is 45.1 Å². The molecule has 0 radical (unpaired) electrons. The van der Waals surface area contributed by atoms with Gasteiger partial charge in [-0.1, -0.05) is 6.92 Å². The third-order valence-corrected chi connectivity index (χ3v) is 6.70. The van der Waals surface area contributed by atoms with Gasteiger partial charge < -0.3 is 4.90 Å². The molecule has 0 unspecified atom stereocenters. The van der Waals surface area contributed by atoms with Gasteiger partial charge in [0.05, 0.1) is 24.5 Å². The first-order valence-corrected chi connectivity index (χ1v) is 10.1. The van der Waals surface area contributed by atoms with Crippen LogP contribution in [0.2, 0.25) is 0 Å². The van der Waals surface area contributed by atoms with Crippen LogP contribution < -0.4 is 0 Å². The Labute approximate surface area is 138 Å². The van der Waals surface area contributed by atoms with E-state index in [0.717, 1.165) is 24.8 Å². The van der Waals surface area contributed by atoms with Crippen molar-refractivity contribution in [3.05, 3.63) is 18.0 Å². The minimum atomic E-state index is -3.36. The largest absolute Gasteiger partial charge is 0.337 e. The Hall–Kier alpha value is -1.37. The van der Waals surface area contributed by atoms with Gasteiger partial charge in [0.2, 0.25) is 5.91 Å². The second-order valence-corrected chi connectivity index (χ2v) is 8.87. The number of aryl methyl sites for hydroxylation is 1. The Morgan fingerprint density at radius 2 is 2.17 bits per heavy atom. The summed E-state index contributed by atoms with van der Waals surface area (Å²) < 4.78 is 26.3. The third kappa shape index (κ3) is 4.34. The summed E-state index contributed by atoms with van der Waals surface area (Å²) in [7, 11) is -3.36. The molecular weight excluding hydrogens is 314 g/mol. The Balaban J connectivity index is 2.12. The van der Waals surface area contributed by atoms with E-state index in [9.17, 15) is 13.2 Å². The highest BCUT2D eigenvalue weighted by Crippen LogP contribution is 2.21. The smallest absolute Gasteiger partial charge is 0.240 e. The van der Waals surface area contributed by atoms with Crippen LogP contribution in [0.3, 0.4) is 0 Å². The van der Waals surface area contributed by atoms with Gasteiger partial charge >= 0.3 is 0 Å². The Morgan fingerprint density at radius 1 is 1.43 bits per heavy atom. The van der Waals surface area contributed by atoms with Gasteiger partial charge in [-0.25, -0.2) is 8.42 Å². The Bertz CT molecular complexity index is 639. The number of hydrogen-bond acceptors (Lipinski definition) is 4. The molecule has 23 heavy (non-hydrogen) atoms. The van der Waals surface area contributed by atoms with Crippen molar-refractivity contribution in [3.8, 4) is 0 Å². The maximum atomic E-state index is 12.7. The molecule has 1 saturated heterocycles. The molecule has 1 aromatic rings. The molecule has 2 heterocycles. The van der Waals surface area contributed by atoms with Gasteiger partial charge in [-0.15, -0.1) is 0 Å². The van der Waals surface area contributed by atoms with Gasteiger partial charge in [-0.3, -0.25) is 9.48 Å². The van der Waals surface area contributed by atoms with E-state index in [2.05, 4.69) is 5.10 Å². The number of rotatable bonds is 6. The monoisotopic (exact) mass is 341 g/mol. The highest BCUT2D eigenvalue weighted by atomic mass is 32.2. The first-order chi connectivity index (χ1) is 10.8. The molecule has 1 amide bonds. The van der Waals surface area contributed by atoms with Crippen molar-refractivity contribution < 1.29 is 13.2 Å². The second-order valence-electron chi connectivity index (χ2n) is 6.43. The molecule has 0 aromatic carbocycles. The van der Waals surface area contributed by atoms with Crippen molar-refractivity contribution in [2.75, 3.05) is 12.3 Å². The number of piperidine rings is 1. The molecular formula is C16H27N3O3S. The van der Waals surface area contributed by atoms with Crippen LogP contribution in [0.4, 0.5) is 0 Å². The van der Waals surface area contributed by atoms with Crippen LogP contribution in [0, 0.1) is 6.92 Å². The first kappa shape index (κ1) is 18.0. The third-order valence-electron chi connectivity index (χ3n) is 4.45. The van der Waals surface area contributed by atoms with Crippen molar-refractivity contribution >= 4 is 15.7 Å². The summed E-state index contributed by atoms with van der Waals surface area (Å²) in [5, 5.41) is 3.33. The fourth-order valence-corrected chi connectivity index (χ4v) is 4.48. The van der Waals surface area contributed by atoms with E-state index >= 15 is 0 Å². The molecule has 130 valence electrons. The van der Waals surface area contributed by atoms with Crippen LogP contribution in [0.25, 0.3) is 0 Å². The van der Waals surface area contributed by atoms with Crippen molar-refractivity contribution in [2.45, 2.75) is 64.3 Å². The number of carbonyl (C=O) groups is 1. The van der Waals surface area contributed by atoms with Crippen molar-refractivity contribution in [3.63, 3.8) is 0 Å². The average Bonchev–Trinajstić information content (AvgIpc) is 2.91. The van der Waals surface area contributed by atoms with E-state index in [4.69, 9.17) is 0 Å². The lowest BCUT2D eigenvalue weighted by Crippen LogP contribution is -2.51. The maximum Gasteiger partial charge on any atom is 0.240 e. The number of amides is 1. The zero-order valence-electron chi connectivity index (χ0n) is 14.2. The van der Waals surface area contributed by atoms with E-state index in [1.807, 2.05) is 24.7 Å². The van der Waals surface area contributed by atoms with Crippen LogP contribution in [0.5, 0.6) is 0 Å². The summed E-state index contributed by atoms with van der Waals surface area (Å²) in [6, 6.07) is 0.0230. The van der Waals surface area contributed by atoms with Crippen LogP contribution >= 0.6 is 0 Å². The summed E-state index contributed by atoms with van der Waals surface area (Å²) in [6.07, 6.45) is 7.17. The minimum Gasteiger partial charge on any atom is -0.337 e. The number of aromatic nitrogens is 2. The standard InChI is InChI=1S/C16H27N3O3S/c1-4-9-23(21,22)14(3)16(20)19-8-6-5-7-15(19)12-18-11-13(2)10-17-18/h10-11,14-15H,4-9,12H2,1-3H3/t14-,15+/m1/s1. The molecule has 2 rings (SSSR count). The van der Waals surface area contributed by atoms with Crippen LogP contribution in [0.1, 0.15) is 45.1 Å². The zero-order chi connectivity index (χ0) is 17.0. The van der Waals surface area contributed by atoms with Gasteiger partial charge in [0, 0.05) is 12.7 Å². The Kier molecular flexibility index (Phi) is 5.84. The molecule has 7 heteroatoms. The van der Waals surface area contributed by atoms with E-state index in [1.54, 1.807) is 11.1 Å². The van der Waals surface area contributed by atoms with Gasteiger partial charge in [0.1, 0.15) is 5.25 Å². The minimum absolute atomic E-state index is 0.0230. The fraction of sp³-hybridized carbons (Fsp3) is 0.750. The van der Waals surface area contributed by atoms with Crippen molar-refractivity contribution in [2.24, 2.45) is 0 Å². The topological polar surface area (TPSA) is 72.3 Å². The molecule has 1 aliphatic heterocycles. The van der Waals surface area contributed by atoms with E-state index in [0.29, 0.717) is 19.5 Å². The molecule has 0 bridgehead atoms. The summed E-state index contributed by atoms with van der Waals surface area (Å²) in [5.74, 6) is -0.191. The fourth-order valence-electron chi connectivity index (χ4n) is 3.11. The lowest BCUT2D eigenvalue weighted by molar-refractivity contribution is -0.134. The van der Waals surface area contributed by atoms with Gasteiger partial charge in [0.25, 0.3) is 0 Å². The molecule has 0 N–H and O–H groups in total. The van der Waals surface area contributed by atoms with Crippen molar-refractivity contribution in [1.82, 2.24) is 14.7 Å². The predicted molar refractivity (Wildman–Crippen MR) is 89.9 cm³/mol. The number of hydrogen-bond donors (Lipinski definition) is 0. The zero-order valence-corrected chi connectivity index (χ0v) is 15.1. The molecule has 6 nitrogen and oxygen atoms in total. The van der Waals surface area contributed by atoms with Crippen molar-refractivity contribution in [1.29, 1.82) is 0 Å². The first-order valence-electron chi connectivity index (χ1n) is 8.36. The average molecular weight is 341 g/mol.